The van der Waals surface area contributed by atoms with Crippen LogP contribution < -0.4 is 20.7 Å². The molecule has 0 aliphatic carbocycles. The molecule has 0 amide bonds. The molecule has 0 N–H and O–H groups in total. The van der Waals surface area contributed by atoms with Gasteiger partial charge in [-0.05, 0) is 32.6 Å². The fourth-order valence-corrected chi connectivity index (χ4v) is 3.49. The van der Waals surface area contributed by atoms with Gasteiger partial charge in [-0.2, -0.15) is 0 Å². The highest BCUT2D eigenvalue weighted by atomic mass is 16.5. The van der Waals surface area contributed by atoms with Gasteiger partial charge in [0.05, 0.1) is 12.5 Å². The maximum atomic E-state index is 12.0. The van der Waals surface area contributed by atoms with Gasteiger partial charge in [0.15, 0.2) is 0 Å². The Morgan fingerprint density at radius 1 is 1.00 bits per heavy atom. The van der Waals surface area contributed by atoms with Gasteiger partial charge < -0.3 is 14.5 Å². The van der Waals surface area contributed by atoms with Crippen molar-refractivity contribution >= 4 is 17.3 Å². The van der Waals surface area contributed by atoms with Crippen molar-refractivity contribution in [3.8, 4) is 0 Å². The van der Waals surface area contributed by atoms with Gasteiger partial charge in [0.1, 0.15) is 11.4 Å². The molecule has 2 heterocycles. The Kier molecular flexibility index (Phi) is 4.18. The summed E-state index contributed by atoms with van der Waals surface area (Å²) in [6.45, 7) is 5.19. The van der Waals surface area contributed by atoms with Crippen LogP contribution in [0.4, 0.5) is 11.4 Å². The molecule has 0 radical (unpaired) electrons. The third kappa shape index (κ3) is 2.51. The van der Waals surface area contributed by atoms with E-state index in [1.54, 1.807) is 6.92 Å². The number of anilines is 2. The summed E-state index contributed by atoms with van der Waals surface area (Å²) >= 11 is 0. The fraction of sp³-hybridized carbons (Fsp3) is 0.688. The molecule has 2 aliphatic rings. The van der Waals surface area contributed by atoms with Crippen LogP contribution in [0.3, 0.4) is 0 Å². The number of ether oxygens (including phenoxy) is 1. The van der Waals surface area contributed by atoms with E-state index in [4.69, 9.17) is 4.74 Å². The maximum Gasteiger partial charge on any atom is 0.309 e. The second-order valence-corrected chi connectivity index (χ2v) is 6.06. The minimum atomic E-state index is -0.364. The van der Waals surface area contributed by atoms with E-state index < -0.39 is 0 Å². The molecule has 0 aromatic heterocycles. The van der Waals surface area contributed by atoms with E-state index >= 15 is 0 Å². The van der Waals surface area contributed by atoms with Crippen molar-refractivity contribution in [1.82, 2.24) is 0 Å². The molecule has 3 rings (SSSR count). The molecule has 6 heteroatoms. The molecule has 0 saturated carbocycles. The topological polar surface area (TPSA) is 66.9 Å². The summed E-state index contributed by atoms with van der Waals surface area (Å²) in [7, 11) is 0. The zero-order valence-corrected chi connectivity index (χ0v) is 13.0. The molecule has 0 spiro atoms. The highest BCUT2D eigenvalue weighted by Crippen LogP contribution is 2.30. The molecule has 0 bridgehead atoms. The summed E-state index contributed by atoms with van der Waals surface area (Å²) < 4.78 is 5.06. The molecule has 2 fully saturated rings. The van der Waals surface area contributed by atoms with Gasteiger partial charge in [0, 0.05) is 26.2 Å². The van der Waals surface area contributed by atoms with Crippen molar-refractivity contribution in [2.75, 3.05) is 42.6 Å². The Morgan fingerprint density at radius 2 is 1.50 bits per heavy atom. The molecule has 1 aromatic rings. The standard InChI is InChI=1S/C16H22N2O4/c1-2-22-16(21)11-5-9-18(10-6-11)13-12(14(19)15(13)20)17-7-3-4-8-17/h11H,2-10H2,1H3. The number of nitrogens with zero attached hydrogens (tertiary/aromatic N) is 2. The largest absolute Gasteiger partial charge is 0.466 e. The van der Waals surface area contributed by atoms with Gasteiger partial charge in [0.2, 0.25) is 0 Å². The number of hydrogen-bond donors (Lipinski definition) is 0. The smallest absolute Gasteiger partial charge is 0.309 e. The predicted octanol–water partition coefficient (Wildman–Crippen LogP) is 0.662. The quantitative estimate of drug-likeness (QED) is 0.601. The Bertz CT molecular complexity index is 618. The highest BCUT2D eigenvalue weighted by molar-refractivity contribution is 5.77. The molecular weight excluding hydrogens is 284 g/mol. The predicted molar refractivity (Wildman–Crippen MR) is 84.4 cm³/mol. The van der Waals surface area contributed by atoms with Crippen molar-refractivity contribution in [3.05, 3.63) is 20.4 Å². The van der Waals surface area contributed by atoms with Crippen molar-refractivity contribution < 1.29 is 9.53 Å². The van der Waals surface area contributed by atoms with Gasteiger partial charge in [-0.15, -0.1) is 0 Å². The van der Waals surface area contributed by atoms with Crippen molar-refractivity contribution in [2.45, 2.75) is 32.6 Å². The van der Waals surface area contributed by atoms with Crippen molar-refractivity contribution in [3.63, 3.8) is 0 Å². The maximum absolute atomic E-state index is 12.0. The fourth-order valence-electron chi connectivity index (χ4n) is 3.49. The zero-order valence-electron chi connectivity index (χ0n) is 13.0. The number of rotatable bonds is 4. The lowest BCUT2D eigenvalue weighted by Crippen LogP contribution is -2.48. The minimum Gasteiger partial charge on any atom is -0.466 e. The summed E-state index contributed by atoms with van der Waals surface area (Å²) in [6.07, 6.45) is 3.50. The highest BCUT2D eigenvalue weighted by Gasteiger charge is 2.34. The summed E-state index contributed by atoms with van der Waals surface area (Å²) in [5.74, 6) is -0.232. The minimum absolute atomic E-state index is 0.0853. The van der Waals surface area contributed by atoms with E-state index in [2.05, 4.69) is 0 Å². The molecule has 0 atom stereocenters. The Hall–Kier alpha value is -1.85. The van der Waals surface area contributed by atoms with Crippen LogP contribution >= 0.6 is 0 Å². The second-order valence-electron chi connectivity index (χ2n) is 6.06. The van der Waals surface area contributed by atoms with Crippen molar-refractivity contribution in [1.29, 1.82) is 0 Å². The van der Waals surface area contributed by atoms with E-state index in [-0.39, 0.29) is 22.7 Å². The molecule has 2 saturated heterocycles. The SMILES string of the molecule is CCOC(=O)C1CCN(c2c(N3CCCC3)c(=O)c2=O)CC1. The van der Waals surface area contributed by atoms with Crippen LogP contribution in [0.25, 0.3) is 0 Å². The zero-order chi connectivity index (χ0) is 15.7. The van der Waals surface area contributed by atoms with E-state index in [0.29, 0.717) is 43.9 Å². The van der Waals surface area contributed by atoms with Crippen molar-refractivity contribution in [2.24, 2.45) is 5.92 Å². The van der Waals surface area contributed by atoms with E-state index in [1.807, 2.05) is 9.80 Å². The van der Waals surface area contributed by atoms with Crippen LogP contribution in [0.5, 0.6) is 0 Å². The summed E-state index contributed by atoms with van der Waals surface area (Å²) in [4.78, 5) is 39.7. The lowest BCUT2D eigenvalue weighted by atomic mass is 9.95. The first-order valence-corrected chi connectivity index (χ1v) is 8.13. The van der Waals surface area contributed by atoms with Gasteiger partial charge in [0.25, 0.3) is 10.9 Å². The third-order valence-electron chi connectivity index (χ3n) is 4.71. The van der Waals surface area contributed by atoms with Gasteiger partial charge in [-0.3, -0.25) is 14.4 Å². The van der Waals surface area contributed by atoms with Crippen LogP contribution in [-0.4, -0.2) is 38.8 Å². The molecule has 1 aromatic carbocycles. The number of hydrogen-bond acceptors (Lipinski definition) is 6. The molecule has 0 unspecified atom stereocenters. The number of esters is 1. The van der Waals surface area contributed by atoms with Crippen LogP contribution in [0.1, 0.15) is 32.6 Å². The number of carbonyl (C=O) groups excluding carboxylic acids is 1. The second kappa shape index (κ2) is 6.10. The van der Waals surface area contributed by atoms with Gasteiger partial charge in [-0.25, -0.2) is 0 Å². The average molecular weight is 306 g/mol. The first kappa shape index (κ1) is 15.1. The Labute approximate surface area is 129 Å². The first-order chi connectivity index (χ1) is 10.6. The normalized spacial score (nSPS) is 19.9. The van der Waals surface area contributed by atoms with E-state index in [0.717, 1.165) is 25.9 Å². The Balaban J connectivity index is 1.69. The molecule has 22 heavy (non-hydrogen) atoms. The van der Waals surface area contributed by atoms with Crippen LogP contribution in [0.15, 0.2) is 9.59 Å². The molecule has 120 valence electrons. The third-order valence-corrected chi connectivity index (χ3v) is 4.71. The summed E-state index contributed by atoms with van der Waals surface area (Å²) in [6, 6.07) is 0. The van der Waals surface area contributed by atoms with Gasteiger partial charge in [-0.1, -0.05) is 0 Å². The molecular formula is C16H22N2O4. The first-order valence-electron chi connectivity index (χ1n) is 8.13. The number of piperidine rings is 1. The summed E-state index contributed by atoms with van der Waals surface area (Å²) in [5.41, 5.74) is 0.479. The van der Waals surface area contributed by atoms with Crippen LogP contribution in [0, 0.1) is 5.92 Å². The van der Waals surface area contributed by atoms with E-state index in [9.17, 15) is 14.4 Å². The Morgan fingerprint density at radius 3 is 2.00 bits per heavy atom. The number of carbonyl (C=O) groups is 1. The van der Waals surface area contributed by atoms with E-state index in [1.165, 1.54) is 0 Å². The lowest BCUT2D eigenvalue weighted by molar-refractivity contribution is -0.148. The average Bonchev–Trinajstić information content (AvgIpc) is 3.05. The molecule has 6 nitrogen and oxygen atoms in total. The monoisotopic (exact) mass is 306 g/mol. The summed E-state index contributed by atoms with van der Waals surface area (Å²) in [5, 5.41) is 0. The van der Waals surface area contributed by atoms with Gasteiger partial charge >= 0.3 is 5.97 Å². The molecule has 2 aliphatic heterocycles. The van der Waals surface area contributed by atoms with Crippen LogP contribution in [-0.2, 0) is 9.53 Å². The lowest BCUT2D eigenvalue weighted by Gasteiger charge is -2.35. The van der Waals surface area contributed by atoms with Crippen LogP contribution in [0.2, 0.25) is 0 Å².